The summed E-state index contributed by atoms with van der Waals surface area (Å²) >= 11 is 0. The molecule has 3 nitrogen and oxygen atoms in total. The molecule has 1 aliphatic heterocycles. The normalized spacial score (nSPS) is 20.2. The minimum atomic E-state index is 0. The minimum Gasteiger partial charge on any atom is -0.339 e. The molecule has 1 N–H and O–H groups in total. The van der Waals surface area contributed by atoms with Crippen LogP contribution < -0.4 is 5.32 Å². The van der Waals surface area contributed by atoms with Crippen molar-refractivity contribution >= 4 is 18.3 Å². The quantitative estimate of drug-likeness (QED) is 0.797. The summed E-state index contributed by atoms with van der Waals surface area (Å²) in [4.78, 5) is 13.8. The van der Waals surface area contributed by atoms with Gasteiger partial charge in [0.2, 0.25) is 5.91 Å². The van der Waals surface area contributed by atoms with Gasteiger partial charge >= 0.3 is 0 Å². The van der Waals surface area contributed by atoms with Gasteiger partial charge in [0.05, 0.1) is 0 Å². The predicted molar refractivity (Wildman–Crippen MR) is 77.0 cm³/mol. The molecule has 0 unspecified atom stereocenters. The highest BCUT2D eigenvalue weighted by Gasteiger charge is 2.25. The van der Waals surface area contributed by atoms with E-state index in [-0.39, 0.29) is 18.3 Å². The lowest BCUT2D eigenvalue weighted by molar-refractivity contribution is -0.127. The highest BCUT2D eigenvalue weighted by molar-refractivity contribution is 5.88. The van der Waals surface area contributed by atoms with Crippen LogP contribution in [0.4, 0.5) is 0 Å². The summed E-state index contributed by atoms with van der Waals surface area (Å²) in [6, 6.07) is 0.631. The summed E-state index contributed by atoms with van der Waals surface area (Å²) in [5.74, 6) is 1.13. The maximum Gasteiger partial charge on any atom is 0.246 e. The molecule has 0 bridgehead atoms. The minimum absolute atomic E-state index is 0. The molecule has 4 heteroatoms. The molecule has 1 saturated heterocycles. The highest BCUT2D eigenvalue weighted by Crippen LogP contribution is 2.28. The third-order valence-electron chi connectivity index (χ3n) is 3.61. The van der Waals surface area contributed by atoms with E-state index in [1.54, 1.807) is 6.08 Å². The van der Waals surface area contributed by atoms with Crippen molar-refractivity contribution in [2.75, 3.05) is 19.6 Å². The lowest BCUT2D eigenvalue weighted by Crippen LogP contribution is -2.44. The van der Waals surface area contributed by atoms with E-state index in [0.29, 0.717) is 6.04 Å². The summed E-state index contributed by atoms with van der Waals surface area (Å²) < 4.78 is 0. The maximum atomic E-state index is 11.8. The molecule has 1 heterocycles. The Balaban J connectivity index is 0.00000162. The molecular weight excluding hydrogens is 248 g/mol. The SMILES string of the molecule is CC(C)=CC(=O)N1CCC(NCC2CC2)CC1.Cl. The number of likely N-dealkylation sites (tertiary alicyclic amines) is 1. The van der Waals surface area contributed by atoms with Crippen molar-refractivity contribution in [1.82, 2.24) is 10.2 Å². The van der Waals surface area contributed by atoms with Crippen LogP contribution in [0.3, 0.4) is 0 Å². The van der Waals surface area contributed by atoms with Crippen LogP contribution in [0.15, 0.2) is 11.6 Å². The van der Waals surface area contributed by atoms with Crippen molar-refractivity contribution in [2.24, 2.45) is 5.92 Å². The molecule has 0 aromatic heterocycles. The number of hydrogen-bond donors (Lipinski definition) is 1. The Morgan fingerprint density at radius 3 is 2.33 bits per heavy atom. The smallest absolute Gasteiger partial charge is 0.246 e. The number of carbonyl (C=O) groups excluding carboxylic acids is 1. The standard InChI is InChI=1S/C14H24N2O.ClH/c1-11(2)9-14(17)16-7-5-13(6-8-16)15-10-12-3-4-12;/h9,12-13,15H,3-8,10H2,1-2H3;1H. The van der Waals surface area contributed by atoms with E-state index in [1.165, 1.54) is 19.4 Å². The van der Waals surface area contributed by atoms with E-state index in [1.807, 2.05) is 18.7 Å². The fourth-order valence-corrected chi connectivity index (χ4v) is 2.30. The molecule has 104 valence electrons. The van der Waals surface area contributed by atoms with Crippen molar-refractivity contribution < 1.29 is 4.79 Å². The zero-order valence-corrected chi connectivity index (χ0v) is 12.3. The summed E-state index contributed by atoms with van der Waals surface area (Å²) in [6.07, 6.45) is 6.78. The second kappa shape index (κ2) is 7.15. The third kappa shape index (κ3) is 4.99. The van der Waals surface area contributed by atoms with E-state index >= 15 is 0 Å². The number of nitrogens with zero attached hydrogens (tertiary/aromatic N) is 1. The van der Waals surface area contributed by atoms with Gasteiger partial charge in [-0.15, -0.1) is 12.4 Å². The Labute approximate surface area is 116 Å². The first-order valence-corrected chi connectivity index (χ1v) is 6.82. The molecular formula is C14H25ClN2O. The number of allylic oxidation sites excluding steroid dienone is 1. The van der Waals surface area contributed by atoms with Crippen molar-refractivity contribution in [2.45, 2.75) is 45.6 Å². The van der Waals surface area contributed by atoms with Crippen LogP contribution in [-0.2, 0) is 4.79 Å². The molecule has 2 rings (SSSR count). The van der Waals surface area contributed by atoms with Crippen molar-refractivity contribution in [3.8, 4) is 0 Å². The summed E-state index contributed by atoms with van der Waals surface area (Å²) in [5.41, 5.74) is 1.09. The van der Waals surface area contributed by atoms with E-state index < -0.39 is 0 Å². The predicted octanol–water partition coefficient (Wildman–Crippen LogP) is 2.37. The van der Waals surface area contributed by atoms with E-state index in [9.17, 15) is 4.79 Å². The molecule has 18 heavy (non-hydrogen) atoms. The number of amides is 1. The lowest BCUT2D eigenvalue weighted by Gasteiger charge is -2.32. The monoisotopic (exact) mass is 272 g/mol. The van der Waals surface area contributed by atoms with Crippen LogP contribution in [0.5, 0.6) is 0 Å². The topological polar surface area (TPSA) is 32.3 Å². The van der Waals surface area contributed by atoms with Crippen LogP contribution >= 0.6 is 12.4 Å². The van der Waals surface area contributed by atoms with Crippen molar-refractivity contribution in [1.29, 1.82) is 0 Å². The zero-order chi connectivity index (χ0) is 12.3. The molecule has 0 aromatic carbocycles. The Bertz CT molecular complexity index is 301. The Morgan fingerprint density at radius 2 is 1.83 bits per heavy atom. The van der Waals surface area contributed by atoms with Gasteiger partial charge in [0, 0.05) is 25.2 Å². The average Bonchev–Trinajstić information content (AvgIpc) is 3.10. The second-order valence-corrected chi connectivity index (χ2v) is 5.67. The number of hydrogen-bond acceptors (Lipinski definition) is 2. The number of nitrogens with one attached hydrogen (secondary N) is 1. The van der Waals surface area contributed by atoms with Gasteiger partial charge in [-0.05, 0) is 52.0 Å². The fraction of sp³-hybridized carbons (Fsp3) is 0.786. The molecule has 1 aliphatic carbocycles. The van der Waals surface area contributed by atoms with Gasteiger partial charge in [-0.3, -0.25) is 4.79 Å². The Kier molecular flexibility index (Phi) is 6.16. The number of piperidine rings is 1. The fourth-order valence-electron chi connectivity index (χ4n) is 2.30. The summed E-state index contributed by atoms with van der Waals surface area (Å²) in [6.45, 7) is 6.95. The second-order valence-electron chi connectivity index (χ2n) is 5.67. The molecule has 2 aliphatic rings. The van der Waals surface area contributed by atoms with Crippen LogP contribution in [0.1, 0.15) is 39.5 Å². The Hall–Kier alpha value is -0.540. The largest absolute Gasteiger partial charge is 0.339 e. The lowest BCUT2D eigenvalue weighted by atomic mass is 10.0. The molecule has 2 fully saturated rings. The van der Waals surface area contributed by atoms with Gasteiger partial charge in [-0.2, -0.15) is 0 Å². The van der Waals surface area contributed by atoms with Gasteiger partial charge in [-0.25, -0.2) is 0 Å². The molecule has 0 atom stereocenters. The maximum absolute atomic E-state index is 11.8. The van der Waals surface area contributed by atoms with Gasteiger partial charge in [0.15, 0.2) is 0 Å². The first-order chi connectivity index (χ1) is 8.15. The van der Waals surface area contributed by atoms with Crippen LogP contribution in [0.25, 0.3) is 0 Å². The molecule has 0 radical (unpaired) electrons. The Morgan fingerprint density at radius 1 is 1.22 bits per heavy atom. The van der Waals surface area contributed by atoms with E-state index in [4.69, 9.17) is 0 Å². The average molecular weight is 273 g/mol. The summed E-state index contributed by atoms with van der Waals surface area (Å²) in [7, 11) is 0. The summed E-state index contributed by atoms with van der Waals surface area (Å²) in [5, 5.41) is 3.63. The highest BCUT2D eigenvalue weighted by atomic mass is 35.5. The van der Waals surface area contributed by atoms with Gasteiger partial charge in [0.1, 0.15) is 0 Å². The van der Waals surface area contributed by atoms with Crippen molar-refractivity contribution in [3.63, 3.8) is 0 Å². The van der Waals surface area contributed by atoms with Crippen LogP contribution in [-0.4, -0.2) is 36.5 Å². The van der Waals surface area contributed by atoms with Crippen molar-refractivity contribution in [3.05, 3.63) is 11.6 Å². The van der Waals surface area contributed by atoms with Gasteiger partial charge in [-0.1, -0.05) is 5.57 Å². The van der Waals surface area contributed by atoms with Crippen LogP contribution in [0.2, 0.25) is 0 Å². The van der Waals surface area contributed by atoms with Gasteiger partial charge < -0.3 is 10.2 Å². The first kappa shape index (κ1) is 15.5. The molecule has 1 amide bonds. The van der Waals surface area contributed by atoms with Gasteiger partial charge in [0.25, 0.3) is 0 Å². The molecule has 0 spiro atoms. The first-order valence-electron chi connectivity index (χ1n) is 6.82. The third-order valence-corrected chi connectivity index (χ3v) is 3.61. The molecule has 0 aromatic rings. The number of halogens is 1. The zero-order valence-electron chi connectivity index (χ0n) is 11.4. The van der Waals surface area contributed by atoms with Crippen LogP contribution in [0, 0.1) is 5.92 Å². The van der Waals surface area contributed by atoms with E-state index in [0.717, 1.165) is 37.4 Å². The number of rotatable bonds is 4. The van der Waals surface area contributed by atoms with E-state index in [2.05, 4.69) is 5.32 Å². The molecule has 1 saturated carbocycles. The number of carbonyl (C=O) groups is 1.